The highest BCUT2D eigenvalue weighted by atomic mass is 16.5. The van der Waals surface area contributed by atoms with Gasteiger partial charge in [-0.1, -0.05) is 18.2 Å². The van der Waals surface area contributed by atoms with Crippen LogP contribution in [0.25, 0.3) is 0 Å². The van der Waals surface area contributed by atoms with Gasteiger partial charge in [0.1, 0.15) is 5.75 Å². The lowest BCUT2D eigenvalue weighted by Crippen LogP contribution is -2.22. The minimum Gasteiger partial charge on any atom is -0.497 e. The van der Waals surface area contributed by atoms with Crippen molar-refractivity contribution in [2.75, 3.05) is 38.4 Å². The summed E-state index contributed by atoms with van der Waals surface area (Å²) in [6.45, 7) is 0.159. The van der Waals surface area contributed by atoms with Crippen LogP contribution in [0.5, 0.6) is 5.75 Å². The molecular formula is C20H25N3O3. The minimum atomic E-state index is -0.136. The van der Waals surface area contributed by atoms with Gasteiger partial charge in [-0.15, -0.1) is 0 Å². The maximum atomic E-state index is 12.1. The number of hydrogen-bond acceptors (Lipinski definition) is 4. The Bertz CT molecular complexity index is 742. The lowest BCUT2D eigenvalue weighted by atomic mass is 10.1. The van der Waals surface area contributed by atoms with Crippen LogP contribution in [0.1, 0.15) is 12.0 Å². The Hall–Kier alpha value is -3.02. The zero-order valence-corrected chi connectivity index (χ0v) is 15.4. The van der Waals surface area contributed by atoms with E-state index in [9.17, 15) is 9.59 Å². The minimum absolute atomic E-state index is 0.103. The van der Waals surface area contributed by atoms with Gasteiger partial charge in [0.05, 0.1) is 13.7 Å². The van der Waals surface area contributed by atoms with Crippen molar-refractivity contribution in [2.45, 2.75) is 12.8 Å². The molecule has 0 aliphatic heterocycles. The van der Waals surface area contributed by atoms with Gasteiger partial charge in [0.2, 0.25) is 11.8 Å². The summed E-state index contributed by atoms with van der Waals surface area (Å²) >= 11 is 0. The Labute approximate surface area is 154 Å². The predicted octanol–water partition coefficient (Wildman–Crippen LogP) is 2.77. The molecule has 0 saturated carbocycles. The smallest absolute Gasteiger partial charge is 0.243 e. The van der Waals surface area contributed by atoms with E-state index >= 15 is 0 Å². The summed E-state index contributed by atoms with van der Waals surface area (Å²) < 4.78 is 5.15. The quantitative estimate of drug-likeness (QED) is 0.764. The van der Waals surface area contributed by atoms with Crippen molar-refractivity contribution in [3.63, 3.8) is 0 Å². The largest absolute Gasteiger partial charge is 0.497 e. The van der Waals surface area contributed by atoms with Gasteiger partial charge in [0.15, 0.2) is 0 Å². The second-order valence-corrected chi connectivity index (χ2v) is 6.12. The van der Waals surface area contributed by atoms with Gasteiger partial charge in [-0.2, -0.15) is 0 Å². The van der Waals surface area contributed by atoms with E-state index in [1.54, 1.807) is 26.1 Å². The van der Waals surface area contributed by atoms with Crippen LogP contribution in [0, 0.1) is 0 Å². The number of carbonyl (C=O) groups is 2. The Morgan fingerprint density at radius 3 is 2.42 bits per heavy atom. The Kier molecular flexibility index (Phi) is 7.02. The average Bonchev–Trinajstić information content (AvgIpc) is 2.65. The van der Waals surface area contributed by atoms with Gasteiger partial charge in [0, 0.05) is 38.0 Å². The van der Waals surface area contributed by atoms with E-state index in [2.05, 4.69) is 10.6 Å². The van der Waals surface area contributed by atoms with Crippen LogP contribution in [-0.4, -0.2) is 44.5 Å². The summed E-state index contributed by atoms with van der Waals surface area (Å²) in [5.74, 6) is 0.702. The molecule has 0 unspecified atom stereocenters. The lowest BCUT2D eigenvalue weighted by molar-refractivity contribution is -0.128. The summed E-state index contributed by atoms with van der Waals surface area (Å²) in [5.41, 5.74) is 2.61. The van der Waals surface area contributed by atoms with E-state index in [-0.39, 0.29) is 18.4 Å². The molecule has 0 bridgehead atoms. The maximum absolute atomic E-state index is 12.1. The van der Waals surface area contributed by atoms with Gasteiger partial charge in [0.25, 0.3) is 0 Å². The predicted molar refractivity (Wildman–Crippen MR) is 104 cm³/mol. The number of ether oxygens (including phenoxy) is 1. The lowest BCUT2D eigenvalue weighted by Gasteiger charge is -2.11. The molecule has 26 heavy (non-hydrogen) atoms. The molecule has 0 spiro atoms. The Morgan fingerprint density at radius 2 is 1.77 bits per heavy atom. The maximum Gasteiger partial charge on any atom is 0.243 e. The highest BCUT2D eigenvalue weighted by molar-refractivity contribution is 5.93. The molecule has 138 valence electrons. The van der Waals surface area contributed by atoms with Crippen LogP contribution in [0.3, 0.4) is 0 Å². The number of aryl methyl sites for hydroxylation is 1. The molecule has 2 amide bonds. The Balaban J connectivity index is 1.80. The van der Waals surface area contributed by atoms with Gasteiger partial charge in [-0.25, -0.2) is 0 Å². The standard InChI is InChI=1S/C20H25N3O3/c1-23(2)20(25)12-9-15-7-10-16(11-8-15)22-19(24)14-21-17-5-4-6-18(13-17)26-3/h4-8,10-11,13,21H,9,12,14H2,1-3H3,(H,22,24). The fourth-order valence-corrected chi connectivity index (χ4v) is 2.35. The van der Waals surface area contributed by atoms with Crippen LogP contribution < -0.4 is 15.4 Å². The first-order chi connectivity index (χ1) is 12.5. The second-order valence-electron chi connectivity index (χ2n) is 6.12. The molecule has 0 atom stereocenters. The summed E-state index contributed by atoms with van der Waals surface area (Å²) in [4.78, 5) is 25.3. The third-order valence-corrected chi connectivity index (χ3v) is 3.89. The van der Waals surface area contributed by atoms with E-state index in [0.29, 0.717) is 12.8 Å². The van der Waals surface area contributed by atoms with Crippen molar-refractivity contribution in [1.82, 2.24) is 4.90 Å². The first-order valence-corrected chi connectivity index (χ1v) is 8.45. The van der Waals surface area contributed by atoms with Crippen LogP contribution >= 0.6 is 0 Å². The molecule has 0 aliphatic carbocycles. The normalized spacial score (nSPS) is 10.1. The van der Waals surface area contributed by atoms with E-state index in [0.717, 1.165) is 22.7 Å². The van der Waals surface area contributed by atoms with Crippen molar-refractivity contribution in [3.05, 3.63) is 54.1 Å². The number of methoxy groups -OCH3 is 1. The van der Waals surface area contributed by atoms with Crippen LogP contribution in [-0.2, 0) is 16.0 Å². The number of anilines is 2. The molecule has 2 aromatic rings. The summed E-state index contributed by atoms with van der Waals surface area (Å²) in [5, 5.41) is 5.90. The van der Waals surface area contributed by atoms with Crippen molar-refractivity contribution in [3.8, 4) is 5.75 Å². The number of nitrogens with zero attached hydrogens (tertiary/aromatic N) is 1. The molecule has 0 aromatic heterocycles. The number of nitrogens with one attached hydrogen (secondary N) is 2. The molecule has 0 radical (unpaired) electrons. The number of amides is 2. The van der Waals surface area contributed by atoms with Gasteiger partial charge < -0.3 is 20.3 Å². The van der Waals surface area contributed by atoms with E-state index in [1.165, 1.54) is 0 Å². The molecule has 6 nitrogen and oxygen atoms in total. The fraction of sp³-hybridized carbons (Fsp3) is 0.300. The monoisotopic (exact) mass is 355 g/mol. The number of rotatable bonds is 8. The van der Waals surface area contributed by atoms with Gasteiger partial charge in [-0.05, 0) is 36.2 Å². The third kappa shape index (κ3) is 6.12. The van der Waals surface area contributed by atoms with Crippen molar-refractivity contribution >= 4 is 23.2 Å². The van der Waals surface area contributed by atoms with Crippen LogP contribution in [0.15, 0.2) is 48.5 Å². The number of carbonyl (C=O) groups excluding carboxylic acids is 2. The molecule has 2 N–H and O–H groups in total. The van der Waals surface area contributed by atoms with Crippen molar-refractivity contribution in [2.24, 2.45) is 0 Å². The molecule has 2 rings (SSSR count). The molecular weight excluding hydrogens is 330 g/mol. The zero-order valence-electron chi connectivity index (χ0n) is 15.4. The van der Waals surface area contributed by atoms with E-state index < -0.39 is 0 Å². The van der Waals surface area contributed by atoms with Crippen LogP contribution in [0.2, 0.25) is 0 Å². The van der Waals surface area contributed by atoms with Crippen LogP contribution in [0.4, 0.5) is 11.4 Å². The first-order valence-electron chi connectivity index (χ1n) is 8.45. The van der Waals surface area contributed by atoms with E-state index in [1.807, 2.05) is 48.5 Å². The van der Waals surface area contributed by atoms with Gasteiger partial charge in [-0.3, -0.25) is 9.59 Å². The SMILES string of the molecule is COc1cccc(NCC(=O)Nc2ccc(CCC(=O)N(C)C)cc2)c1. The molecule has 0 saturated heterocycles. The summed E-state index contributed by atoms with van der Waals surface area (Å²) in [6.07, 6.45) is 1.16. The summed E-state index contributed by atoms with van der Waals surface area (Å²) in [6, 6.07) is 15.0. The fourth-order valence-electron chi connectivity index (χ4n) is 2.35. The molecule has 0 fully saturated rings. The Morgan fingerprint density at radius 1 is 1.04 bits per heavy atom. The topological polar surface area (TPSA) is 70.7 Å². The van der Waals surface area contributed by atoms with E-state index in [4.69, 9.17) is 4.74 Å². The third-order valence-electron chi connectivity index (χ3n) is 3.89. The van der Waals surface area contributed by atoms with Gasteiger partial charge >= 0.3 is 0 Å². The highest BCUT2D eigenvalue weighted by Gasteiger charge is 2.06. The average molecular weight is 355 g/mol. The number of benzene rings is 2. The summed E-state index contributed by atoms with van der Waals surface area (Å²) in [7, 11) is 5.10. The molecule has 0 aliphatic rings. The molecule has 6 heteroatoms. The van der Waals surface area contributed by atoms with Crippen molar-refractivity contribution < 1.29 is 14.3 Å². The number of hydrogen-bond donors (Lipinski definition) is 2. The zero-order chi connectivity index (χ0) is 18.9. The first kappa shape index (κ1) is 19.3. The second kappa shape index (κ2) is 9.46. The highest BCUT2D eigenvalue weighted by Crippen LogP contribution is 2.16. The molecule has 2 aromatic carbocycles. The van der Waals surface area contributed by atoms with Crippen molar-refractivity contribution in [1.29, 1.82) is 0 Å². The molecule has 0 heterocycles.